The third-order valence-corrected chi connectivity index (χ3v) is 2.87. The van der Waals surface area contributed by atoms with E-state index in [0.29, 0.717) is 6.42 Å². The van der Waals surface area contributed by atoms with Crippen molar-refractivity contribution in [3.05, 3.63) is 29.8 Å². The third-order valence-electron chi connectivity index (χ3n) is 2.87. The van der Waals surface area contributed by atoms with E-state index >= 15 is 0 Å². The minimum absolute atomic E-state index is 0.187. The number of aliphatic hydroxyl groups excluding tert-OH is 1. The maximum Gasteiger partial charge on any atom is 0.309 e. The van der Waals surface area contributed by atoms with Crippen molar-refractivity contribution in [2.45, 2.75) is 25.9 Å². The second kappa shape index (κ2) is 8.16. The fourth-order valence-electron chi connectivity index (χ4n) is 1.53. The van der Waals surface area contributed by atoms with Crippen molar-refractivity contribution in [2.24, 2.45) is 0 Å². The van der Waals surface area contributed by atoms with Crippen LogP contribution in [0.15, 0.2) is 24.3 Å². The Morgan fingerprint density at radius 3 is 2.40 bits per heavy atom. The topological polar surface area (TPSA) is 87.7 Å². The van der Waals surface area contributed by atoms with Crippen LogP contribution in [-0.2, 0) is 16.1 Å². The number of aliphatic hydroxyl groups is 1. The molecule has 110 valence electrons. The third kappa shape index (κ3) is 4.89. The van der Waals surface area contributed by atoms with Gasteiger partial charge in [-0.15, -0.1) is 0 Å². The molecule has 1 rings (SSSR count). The Morgan fingerprint density at radius 2 is 1.90 bits per heavy atom. The predicted octanol–water partition coefficient (Wildman–Crippen LogP) is 0.199. The molecule has 1 aromatic carbocycles. The standard InChI is InChI=1S/C14H20N2O4/c1-3-11(9-17)16-14(19)13(18)15-8-10-4-6-12(20-2)7-5-10/h4-7,11,17H,3,8-9H2,1-2H3,(H,15,18)(H,16,19). The van der Waals surface area contributed by atoms with Crippen LogP contribution in [0, 0.1) is 0 Å². The summed E-state index contributed by atoms with van der Waals surface area (Å²) in [4.78, 5) is 23.1. The molecule has 1 aromatic rings. The lowest BCUT2D eigenvalue weighted by atomic mass is 10.2. The lowest BCUT2D eigenvalue weighted by molar-refractivity contribution is -0.139. The molecule has 2 amide bonds. The summed E-state index contributed by atoms with van der Waals surface area (Å²) in [5.41, 5.74) is 0.862. The second-order valence-corrected chi connectivity index (χ2v) is 4.29. The summed E-state index contributed by atoms with van der Waals surface area (Å²) in [6.45, 7) is 1.89. The van der Waals surface area contributed by atoms with E-state index in [2.05, 4.69) is 10.6 Å². The molecule has 6 nitrogen and oxygen atoms in total. The van der Waals surface area contributed by atoms with Crippen LogP contribution in [0.25, 0.3) is 0 Å². The van der Waals surface area contributed by atoms with Gasteiger partial charge in [0, 0.05) is 6.54 Å². The molecule has 0 fully saturated rings. The molecule has 6 heteroatoms. The molecule has 1 unspecified atom stereocenters. The molecular formula is C14H20N2O4. The van der Waals surface area contributed by atoms with Gasteiger partial charge in [0.15, 0.2) is 0 Å². The number of ether oxygens (including phenoxy) is 1. The summed E-state index contributed by atoms with van der Waals surface area (Å²) < 4.78 is 5.03. The molecule has 0 bridgehead atoms. The number of carbonyl (C=O) groups is 2. The van der Waals surface area contributed by atoms with Crippen LogP contribution < -0.4 is 15.4 Å². The molecule has 0 spiro atoms. The summed E-state index contributed by atoms with van der Waals surface area (Å²) in [6, 6.07) is 6.77. The van der Waals surface area contributed by atoms with E-state index in [-0.39, 0.29) is 13.2 Å². The van der Waals surface area contributed by atoms with E-state index in [1.807, 2.05) is 6.92 Å². The number of hydrogen-bond donors (Lipinski definition) is 3. The molecule has 0 aromatic heterocycles. The first-order valence-electron chi connectivity index (χ1n) is 6.43. The van der Waals surface area contributed by atoms with E-state index in [4.69, 9.17) is 9.84 Å². The van der Waals surface area contributed by atoms with Crippen molar-refractivity contribution < 1.29 is 19.4 Å². The first kappa shape index (κ1) is 16.0. The Labute approximate surface area is 118 Å². The maximum atomic E-state index is 11.6. The van der Waals surface area contributed by atoms with E-state index in [1.54, 1.807) is 31.4 Å². The van der Waals surface area contributed by atoms with Crippen molar-refractivity contribution in [3.63, 3.8) is 0 Å². The van der Waals surface area contributed by atoms with Crippen LogP contribution in [0.1, 0.15) is 18.9 Å². The van der Waals surface area contributed by atoms with Crippen LogP contribution in [0.4, 0.5) is 0 Å². The zero-order chi connectivity index (χ0) is 15.0. The fraction of sp³-hybridized carbons (Fsp3) is 0.429. The number of nitrogens with one attached hydrogen (secondary N) is 2. The summed E-state index contributed by atoms with van der Waals surface area (Å²) in [7, 11) is 1.58. The molecule has 3 N–H and O–H groups in total. The molecule has 0 aliphatic carbocycles. The Bertz CT molecular complexity index is 441. The summed E-state index contributed by atoms with van der Waals surface area (Å²) in [6.07, 6.45) is 0.563. The smallest absolute Gasteiger partial charge is 0.309 e. The second-order valence-electron chi connectivity index (χ2n) is 4.29. The Balaban J connectivity index is 2.43. The quantitative estimate of drug-likeness (QED) is 0.650. The molecule has 1 atom stereocenters. The maximum absolute atomic E-state index is 11.6. The number of rotatable bonds is 6. The van der Waals surface area contributed by atoms with Gasteiger partial charge in [-0.1, -0.05) is 19.1 Å². The highest BCUT2D eigenvalue weighted by atomic mass is 16.5. The monoisotopic (exact) mass is 280 g/mol. The van der Waals surface area contributed by atoms with Gasteiger partial charge in [0.1, 0.15) is 5.75 Å². The highest BCUT2D eigenvalue weighted by Gasteiger charge is 2.16. The molecule has 0 radical (unpaired) electrons. The largest absolute Gasteiger partial charge is 0.497 e. The lowest BCUT2D eigenvalue weighted by Crippen LogP contribution is -2.45. The number of methoxy groups -OCH3 is 1. The van der Waals surface area contributed by atoms with Gasteiger partial charge in [-0.3, -0.25) is 9.59 Å². The van der Waals surface area contributed by atoms with E-state index in [9.17, 15) is 9.59 Å². The zero-order valence-corrected chi connectivity index (χ0v) is 11.7. The Kier molecular flexibility index (Phi) is 6.52. The van der Waals surface area contributed by atoms with Gasteiger partial charge in [-0.05, 0) is 24.1 Å². The van der Waals surface area contributed by atoms with Gasteiger partial charge in [-0.25, -0.2) is 0 Å². The average molecular weight is 280 g/mol. The molecule has 20 heavy (non-hydrogen) atoms. The zero-order valence-electron chi connectivity index (χ0n) is 11.7. The van der Waals surface area contributed by atoms with Crippen molar-refractivity contribution in [3.8, 4) is 5.75 Å². The average Bonchev–Trinajstić information content (AvgIpc) is 2.50. The lowest BCUT2D eigenvalue weighted by Gasteiger charge is -2.13. The predicted molar refractivity (Wildman–Crippen MR) is 74.1 cm³/mol. The molecule has 0 saturated heterocycles. The normalized spacial score (nSPS) is 11.6. The summed E-state index contributed by atoms with van der Waals surface area (Å²) >= 11 is 0. The van der Waals surface area contributed by atoms with Gasteiger partial charge in [0.25, 0.3) is 0 Å². The molecule has 0 saturated carbocycles. The van der Waals surface area contributed by atoms with Crippen LogP contribution in [0.5, 0.6) is 5.75 Å². The van der Waals surface area contributed by atoms with Crippen LogP contribution in [-0.4, -0.2) is 36.7 Å². The number of benzene rings is 1. The van der Waals surface area contributed by atoms with Gasteiger partial charge in [-0.2, -0.15) is 0 Å². The minimum Gasteiger partial charge on any atom is -0.497 e. The summed E-state index contributed by atoms with van der Waals surface area (Å²) in [5.74, 6) is -0.723. The first-order chi connectivity index (χ1) is 9.60. The highest BCUT2D eigenvalue weighted by Crippen LogP contribution is 2.10. The molecule has 0 heterocycles. The number of amides is 2. The van der Waals surface area contributed by atoms with E-state index < -0.39 is 17.9 Å². The van der Waals surface area contributed by atoms with Crippen molar-refractivity contribution in [1.82, 2.24) is 10.6 Å². The van der Waals surface area contributed by atoms with Crippen molar-refractivity contribution in [2.75, 3.05) is 13.7 Å². The van der Waals surface area contributed by atoms with Gasteiger partial charge in [0.05, 0.1) is 19.8 Å². The molecule has 0 aliphatic rings. The first-order valence-corrected chi connectivity index (χ1v) is 6.43. The summed E-state index contributed by atoms with van der Waals surface area (Å²) in [5, 5.41) is 13.9. The highest BCUT2D eigenvalue weighted by molar-refractivity contribution is 6.35. The van der Waals surface area contributed by atoms with E-state index in [0.717, 1.165) is 11.3 Å². The number of hydrogen-bond acceptors (Lipinski definition) is 4. The van der Waals surface area contributed by atoms with Crippen LogP contribution in [0.3, 0.4) is 0 Å². The molecule has 0 aliphatic heterocycles. The minimum atomic E-state index is -0.737. The Hall–Kier alpha value is -2.08. The van der Waals surface area contributed by atoms with Crippen LogP contribution in [0.2, 0.25) is 0 Å². The SMILES string of the molecule is CCC(CO)NC(=O)C(=O)NCc1ccc(OC)cc1. The molecular weight excluding hydrogens is 260 g/mol. The van der Waals surface area contributed by atoms with Gasteiger partial charge < -0.3 is 20.5 Å². The van der Waals surface area contributed by atoms with E-state index in [1.165, 1.54) is 0 Å². The fourth-order valence-corrected chi connectivity index (χ4v) is 1.53. The van der Waals surface area contributed by atoms with Crippen molar-refractivity contribution >= 4 is 11.8 Å². The van der Waals surface area contributed by atoms with Gasteiger partial charge in [0.2, 0.25) is 0 Å². The van der Waals surface area contributed by atoms with Crippen LogP contribution >= 0.6 is 0 Å². The van der Waals surface area contributed by atoms with Gasteiger partial charge >= 0.3 is 11.8 Å². The number of carbonyl (C=O) groups excluding carboxylic acids is 2. The van der Waals surface area contributed by atoms with Crippen molar-refractivity contribution in [1.29, 1.82) is 0 Å². The Morgan fingerprint density at radius 1 is 1.25 bits per heavy atom.